The quantitative estimate of drug-likeness (QED) is 0.598. The number of hydrogen-bond acceptors (Lipinski definition) is 5. The number of anilines is 1. The van der Waals surface area contributed by atoms with E-state index in [1.54, 1.807) is 11.4 Å². The van der Waals surface area contributed by atoms with Crippen LogP contribution >= 0.6 is 11.6 Å². The van der Waals surface area contributed by atoms with Gasteiger partial charge in [0, 0.05) is 35.0 Å². The molecular weight excluding hydrogens is 350 g/mol. The van der Waals surface area contributed by atoms with Gasteiger partial charge in [0.15, 0.2) is 5.65 Å². The van der Waals surface area contributed by atoms with Gasteiger partial charge in [-0.2, -0.15) is 9.61 Å². The Labute approximate surface area is 155 Å². The molecule has 0 saturated carbocycles. The highest BCUT2D eigenvalue weighted by Crippen LogP contribution is 2.31. The lowest BCUT2D eigenvalue weighted by Crippen LogP contribution is -2.28. The van der Waals surface area contributed by atoms with Crippen LogP contribution in [0.4, 0.5) is 5.95 Å². The highest BCUT2D eigenvalue weighted by atomic mass is 35.5. The molecule has 6 nitrogen and oxygen atoms in total. The Balaban J connectivity index is 2.03. The molecule has 0 radical (unpaired) electrons. The minimum atomic E-state index is -0.486. The van der Waals surface area contributed by atoms with Crippen LogP contribution in [0.15, 0.2) is 48.5 Å². The molecule has 4 aromatic rings. The normalized spacial score (nSPS) is 12.6. The number of halogens is 1. The summed E-state index contributed by atoms with van der Waals surface area (Å²) < 4.78 is 1.72. The molecule has 1 unspecified atom stereocenters. The van der Waals surface area contributed by atoms with Gasteiger partial charge in [-0.3, -0.25) is 0 Å². The fourth-order valence-corrected chi connectivity index (χ4v) is 3.29. The number of aliphatic hydroxyl groups excluding tert-OH is 1. The summed E-state index contributed by atoms with van der Waals surface area (Å²) in [7, 11) is 1.86. The second-order valence-corrected chi connectivity index (χ2v) is 6.81. The van der Waals surface area contributed by atoms with Gasteiger partial charge in [0.1, 0.15) is 0 Å². The van der Waals surface area contributed by atoms with Crippen LogP contribution in [0, 0.1) is 0 Å². The lowest BCUT2D eigenvalue weighted by Gasteiger charge is -2.18. The Morgan fingerprint density at radius 2 is 1.88 bits per heavy atom. The van der Waals surface area contributed by atoms with Crippen LogP contribution in [-0.2, 0) is 0 Å². The van der Waals surface area contributed by atoms with Crippen LogP contribution in [-0.4, -0.2) is 44.6 Å². The average molecular weight is 368 g/mol. The van der Waals surface area contributed by atoms with Gasteiger partial charge < -0.3 is 10.0 Å². The van der Waals surface area contributed by atoms with Crippen molar-refractivity contribution in [1.82, 2.24) is 19.8 Å². The van der Waals surface area contributed by atoms with Gasteiger partial charge in [0.25, 0.3) is 0 Å². The van der Waals surface area contributed by atoms with E-state index in [-0.39, 0.29) is 0 Å². The summed E-state index contributed by atoms with van der Waals surface area (Å²) in [6.07, 6.45) is -0.486. The Bertz CT molecular complexity index is 1080. The van der Waals surface area contributed by atoms with E-state index in [4.69, 9.17) is 16.7 Å². The van der Waals surface area contributed by atoms with E-state index in [1.807, 2.05) is 60.5 Å². The fourth-order valence-electron chi connectivity index (χ4n) is 3.12. The summed E-state index contributed by atoms with van der Waals surface area (Å²) in [5.74, 6) is 0.579. The number of hydrogen-bond donors (Lipinski definition) is 1. The van der Waals surface area contributed by atoms with Crippen molar-refractivity contribution in [3.63, 3.8) is 0 Å². The van der Waals surface area contributed by atoms with Crippen LogP contribution in [0.25, 0.3) is 27.7 Å². The first-order valence-electron chi connectivity index (χ1n) is 8.34. The second-order valence-electron chi connectivity index (χ2n) is 6.37. The number of rotatable bonds is 4. The minimum Gasteiger partial charge on any atom is -0.392 e. The average Bonchev–Trinajstić information content (AvgIpc) is 3.05. The predicted molar refractivity (Wildman–Crippen MR) is 104 cm³/mol. The fraction of sp³-hybridized carbons (Fsp3) is 0.211. The summed E-state index contributed by atoms with van der Waals surface area (Å²) >= 11 is 6.24. The highest BCUT2D eigenvalue weighted by molar-refractivity contribution is 6.31. The SMILES string of the molecule is CC(O)CN(C)c1nnc2c3ccc(Cl)cc3c(-c3ccccc3)nn12. The van der Waals surface area contributed by atoms with Crippen molar-refractivity contribution in [3.05, 3.63) is 53.6 Å². The van der Waals surface area contributed by atoms with Gasteiger partial charge in [-0.15, -0.1) is 10.2 Å². The number of fused-ring (bicyclic) bond motifs is 3. The molecule has 1 N–H and O–H groups in total. The molecule has 132 valence electrons. The summed E-state index contributed by atoms with van der Waals surface area (Å²) in [6.45, 7) is 2.17. The molecule has 2 aromatic carbocycles. The molecule has 2 aromatic heterocycles. The zero-order valence-electron chi connectivity index (χ0n) is 14.5. The smallest absolute Gasteiger partial charge is 0.248 e. The highest BCUT2D eigenvalue weighted by Gasteiger charge is 2.18. The molecule has 0 aliphatic carbocycles. The van der Waals surface area contributed by atoms with E-state index in [1.165, 1.54) is 0 Å². The van der Waals surface area contributed by atoms with Gasteiger partial charge in [0.2, 0.25) is 5.95 Å². The first-order chi connectivity index (χ1) is 12.5. The first kappa shape index (κ1) is 16.8. The van der Waals surface area contributed by atoms with E-state index in [0.717, 1.165) is 22.0 Å². The van der Waals surface area contributed by atoms with Crippen molar-refractivity contribution in [2.45, 2.75) is 13.0 Å². The third kappa shape index (κ3) is 2.87. The Morgan fingerprint density at radius 3 is 2.62 bits per heavy atom. The molecule has 0 spiro atoms. The third-order valence-corrected chi connectivity index (χ3v) is 4.46. The standard InChI is InChI=1S/C19H18ClN5O/c1-12(26)11-24(2)19-22-21-18-15-9-8-14(20)10-16(15)17(23-25(18)19)13-6-4-3-5-7-13/h3-10,12,26H,11H2,1-2H3. The molecule has 26 heavy (non-hydrogen) atoms. The molecule has 0 aliphatic rings. The Kier molecular flexibility index (Phi) is 4.22. The molecule has 2 heterocycles. The largest absolute Gasteiger partial charge is 0.392 e. The van der Waals surface area contributed by atoms with Gasteiger partial charge >= 0.3 is 0 Å². The number of nitrogens with zero attached hydrogens (tertiary/aromatic N) is 5. The zero-order chi connectivity index (χ0) is 18.3. The molecule has 0 amide bonds. The van der Waals surface area contributed by atoms with Crippen LogP contribution < -0.4 is 4.90 Å². The van der Waals surface area contributed by atoms with E-state index < -0.39 is 6.10 Å². The van der Waals surface area contributed by atoms with E-state index >= 15 is 0 Å². The summed E-state index contributed by atoms with van der Waals surface area (Å²) in [5, 5.41) is 25.6. The van der Waals surface area contributed by atoms with E-state index in [2.05, 4.69) is 10.2 Å². The van der Waals surface area contributed by atoms with Crippen molar-refractivity contribution >= 4 is 34.0 Å². The molecular formula is C19H18ClN5O. The lowest BCUT2D eigenvalue weighted by atomic mass is 10.1. The van der Waals surface area contributed by atoms with Gasteiger partial charge in [-0.05, 0) is 25.1 Å². The lowest BCUT2D eigenvalue weighted by molar-refractivity contribution is 0.201. The minimum absolute atomic E-state index is 0.432. The van der Waals surface area contributed by atoms with Gasteiger partial charge in [-0.25, -0.2) is 0 Å². The monoisotopic (exact) mass is 367 g/mol. The molecule has 0 saturated heterocycles. The van der Waals surface area contributed by atoms with Gasteiger partial charge in [-0.1, -0.05) is 41.9 Å². The zero-order valence-corrected chi connectivity index (χ0v) is 15.2. The van der Waals surface area contributed by atoms with Crippen LogP contribution in [0.3, 0.4) is 0 Å². The van der Waals surface area contributed by atoms with Crippen LogP contribution in [0.5, 0.6) is 0 Å². The number of benzene rings is 2. The maximum atomic E-state index is 9.69. The second kappa shape index (κ2) is 6.55. The number of aliphatic hydroxyl groups is 1. The van der Waals surface area contributed by atoms with Crippen molar-refractivity contribution in [2.24, 2.45) is 0 Å². The van der Waals surface area contributed by atoms with E-state index in [9.17, 15) is 5.11 Å². The van der Waals surface area contributed by atoms with Crippen LogP contribution in [0.1, 0.15) is 6.92 Å². The van der Waals surface area contributed by atoms with Gasteiger partial charge in [0.05, 0.1) is 11.8 Å². The molecule has 0 aliphatic heterocycles. The van der Waals surface area contributed by atoms with Crippen molar-refractivity contribution in [1.29, 1.82) is 0 Å². The summed E-state index contributed by atoms with van der Waals surface area (Å²) in [4.78, 5) is 1.84. The van der Waals surface area contributed by atoms with E-state index in [0.29, 0.717) is 23.2 Å². The molecule has 1 atom stereocenters. The first-order valence-corrected chi connectivity index (χ1v) is 8.71. The van der Waals surface area contributed by atoms with Crippen molar-refractivity contribution < 1.29 is 5.11 Å². The molecule has 0 fully saturated rings. The van der Waals surface area contributed by atoms with Crippen molar-refractivity contribution in [3.8, 4) is 11.3 Å². The summed E-state index contributed by atoms with van der Waals surface area (Å²) in [5.41, 5.74) is 2.45. The Hall–Kier alpha value is -2.70. The summed E-state index contributed by atoms with van der Waals surface area (Å²) in [6, 6.07) is 15.6. The Morgan fingerprint density at radius 1 is 1.12 bits per heavy atom. The molecule has 4 rings (SSSR count). The van der Waals surface area contributed by atoms with Crippen molar-refractivity contribution in [2.75, 3.05) is 18.5 Å². The third-order valence-electron chi connectivity index (χ3n) is 4.23. The number of likely N-dealkylation sites (N-methyl/N-ethyl adjacent to an activating group) is 1. The maximum Gasteiger partial charge on any atom is 0.248 e. The molecule has 7 heteroatoms. The van der Waals surface area contributed by atoms with Crippen LogP contribution in [0.2, 0.25) is 5.02 Å². The molecule has 0 bridgehead atoms. The topological polar surface area (TPSA) is 66.5 Å². The number of aromatic nitrogens is 4. The predicted octanol–water partition coefficient (Wildman–Crippen LogP) is 3.41. The maximum absolute atomic E-state index is 9.69.